The zero-order chi connectivity index (χ0) is 20.4. The van der Waals surface area contributed by atoms with Crippen LogP contribution in [0, 0.1) is 31.4 Å². The summed E-state index contributed by atoms with van der Waals surface area (Å²) in [7, 11) is 0. The van der Waals surface area contributed by atoms with E-state index in [0.717, 1.165) is 35.0 Å². The van der Waals surface area contributed by atoms with E-state index in [1.165, 1.54) is 0 Å². The number of benzene rings is 2. The second-order valence-corrected chi connectivity index (χ2v) is 6.78. The van der Waals surface area contributed by atoms with E-state index in [1.807, 2.05) is 32.0 Å². The summed E-state index contributed by atoms with van der Waals surface area (Å²) in [5, 5.41) is 0. The number of hydrogen-bond donors (Lipinski definition) is 0. The highest BCUT2D eigenvalue weighted by Crippen LogP contribution is 2.29. The lowest BCUT2D eigenvalue weighted by atomic mass is 10.1. The Morgan fingerprint density at radius 3 is 2.61 bits per heavy atom. The van der Waals surface area contributed by atoms with E-state index in [2.05, 4.69) is 0 Å². The number of rotatable bonds is 5. The van der Waals surface area contributed by atoms with Crippen molar-refractivity contribution in [2.45, 2.75) is 20.3 Å². The van der Waals surface area contributed by atoms with E-state index in [0.29, 0.717) is 0 Å². The molecule has 1 amide bonds. The Morgan fingerprint density at radius 1 is 1.14 bits per heavy atom. The minimum absolute atomic E-state index is 0.00835. The second kappa shape index (κ2) is 7.88. The fourth-order valence-corrected chi connectivity index (χ4v) is 3.13. The van der Waals surface area contributed by atoms with Gasteiger partial charge in [-0.1, -0.05) is 12.1 Å². The van der Waals surface area contributed by atoms with Gasteiger partial charge in [-0.05, 0) is 49.2 Å². The molecule has 1 saturated heterocycles. The largest absolute Gasteiger partial charge is 0.457 e. The Balaban J connectivity index is 1.62. The van der Waals surface area contributed by atoms with Crippen molar-refractivity contribution in [2.24, 2.45) is 5.92 Å². The van der Waals surface area contributed by atoms with Gasteiger partial charge in [-0.2, -0.15) is 0 Å². The average Bonchev–Trinajstić information content (AvgIpc) is 3.05. The molecule has 7 heteroatoms. The number of ether oxygens (including phenoxy) is 1. The number of halogens is 2. The monoisotopic (exact) mass is 387 g/mol. The highest BCUT2D eigenvalue weighted by Gasteiger charge is 2.37. The summed E-state index contributed by atoms with van der Waals surface area (Å²) in [4.78, 5) is 38.2. The van der Waals surface area contributed by atoms with Crippen LogP contribution >= 0.6 is 0 Å². The van der Waals surface area contributed by atoms with Crippen molar-refractivity contribution in [1.29, 1.82) is 0 Å². The van der Waals surface area contributed by atoms with Gasteiger partial charge in [0.1, 0.15) is 0 Å². The summed E-state index contributed by atoms with van der Waals surface area (Å²) in [5.41, 5.74) is 2.65. The van der Waals surface area contributed by atoms with Gasteiger partial charge >= 0.3 is 5.97 Å². The Kier molecular flexibility index (Phi) is 5.53. The van der Waals surface area contributed by atoms with E-state index in [-0.39, 0.29) is 24.4 Å². The molecule has 5 nitrogen and oxygen atoms in total. The van der Waals surface area contributed by atoms with Gasteiger partial charge < -0.3 is 9.64 Å². The molecular weight excluding hydrogens is 368 g/mol. The topological polar surface area (TPSA) is 63.7 Å². The minimum Gasteiger partial charge on any atom is -0.457 e. The molecule has 146 valence electrons. The molecule has 2 aromatic carbocycles. The van der Waals surface area contributed by atoms with E-state index >= 15 is 0 Å². The molecule has 0 unspecified atom stereocenters. The van der Waals surface area contributed by atoms with Crippen LogP contribution in [-0.2, 0) is 14.3 Å². The summed E-state index contributed by atoms with van der Waals surface area (Å²) < 4.78 is 31.2. The SMILES string of the molecule is Cc1cccc(N2C[C@H](C(=O)OCC(=O)c3ccc(F)c(F)c3)CC2=O)c1C. The van der Waals surface area contributed by atoms with Gasteiger partial charge in [0.2, 0.25) is 5.91 Å². The predicted octanol–water partition coefficient (Wildman–Crippen LogP) is 3.36. The number of anilines is 1. The third-order valence-corrected chi connectivity index (χ3v) is 4.91. The quantitative estimate of drug-likeness (QED) is 0.583. The van der Waals surface area contributed by atoms with Crippen LogP contribution < -0.4 is 4.90 Å². The van der Waals surface area contributed by atoms with E-state index in [4.69, 9.17) is 4.74 Å². The van der Waals surface area contributed by atoms with E-state index < -0.39 is 35.9 Å². The number of Topliss-reactive ketones (excluding diaryl/α,β-unsaturated/α-hetero) is 1. The van der Waals surface area contributed by atoms with Crippen molar-refractivity contribution < 1.29 is 27.9 Å². The van der Waals surface area contributed by atoms with Crippen LogP contribution in [0.5, 0.6) is 0 Å². The zero-order valence-corrected chi connectivity index (χ0v) is 15.5. The van der Waals surface area contributed by atoms with Gasteiger partial charge in [-0.25, -0.2) is 8.78 Å². The van der Waals surface area contributed by atoms with Gasteiger partial charge in [-0.3, -0.25) is 14.4 Å². The molecular formula is C21H19F2NO4. The van der Waals surface area contributed by atoms with Crippen molar-refractivity contribution in [3.63, 3.8) is 0 Å². The van der Waals surface area contributed by atoms with Crippen molar-refractivity contribution in [3.05, 3.63) is 64.7 Å². The zero-order valence-electron chi connectivity index (χ0n) is 15.5. The first kappa shape index (κ1) is 19.7. The molecule has 28 heavy (non-hydrogen) atoms. The highest BCUT2D eigenvalue weighted by molar-refractivity contribution is 6.01. The Morgan fingerprint density at radius 2 is 1.89 bits per heavy atom. The molecule has 0 aromatic heterocycles. The number of amides is 1. The average molecular weight is 387 g/mol. The third kappa shape index (κ3) is 3.93. The molecule has 1 aliphatic heterocycles. The molecule has 1 atom stereocenters. The molecule has 1 aliphatic rings. The second-order valence-electron chi connectivity index (χ2n) is 6.78. The molecule has 0 radical (unpaired) electrons. The lowest BCUT2D eigenvalue weighted by molar-refractivity contribution is -0.147. The van der Waals surface area contributed by atoms with Crippen molar-refractivity contribution >= 4 is 23.3 Å². The first-order valence-electron chi connectivity index (χ1n) is 8.79. The fourth-order valence-electron chi connectivity index (χ4n) is 3.13. The van der Waals surface area contributed by atoms with Crippen molar-refractivity contribution in [3.8, 4) is 0 Å². The standard InChI is InChI=1S/C21H19F2NO4/c1-12-4-3-5-18(13(12)2)24-10-15(9-20(24)26)21(27)28-11-19(25)14-6-7-16(22)17(23)8-14/h3-8,15H,9-11H2,1-2H3/t15-/m1/s1. The number of hydrogen-bond acceptors (Lipinski definition) is 4. The predicted molar refractivity (Wildman–Crippen MR) is 98.0 cm³/mol. The normalized spacial score (nSPS) is 16.4. The molecule has 2 aromatic rings. The number of ketones is 1. The number of aryl methyl sites for hydroxylation is 1. The van der Waals surface area contributed by atoms with Crippen LogP contribution in [0.3, 0.4) is 0 Å². The van der Waals surface area contributed by atoms with Crippen LogP contribution in [0.1, 0.15) is 27.9 Å². The van der Waals surface area contributed by atoms with Crippen LogP contribution in [0.25, 0.3) is 0 Å². The minimum atomic E-state index is -1.15. The van der Waals surface area contributed by atoms with Gasteiger partial charge in [0.15, 0.2) is 24.0 Å². The van der Waals surface area contributed by atoms with E-state index in [9.17, 15) is 23.2 Å². The maximum Gasteiger partial charge on any atom is 0.311 e. The smallest absolute Gasteiger partial charge is 0.311 e. The van der Waals surface area contributed by atoms with Gasteiger partial charge in [0.25, 0.3) is 0 Å². The molecule has 0 bridgehead atoms. The summed E-state index contributed by atoms with van der Waals surface area (Å²) in [5.74, 6) is -4.42. The van der Waals surface area contributed by atoms with Crippen LogP contribution in [0.2, 0.25) is 0 Å². The lowest BCUT2D eigenvalue weighted by Gasteiger charge is -2.20. The summed E-state index contributed by atoms with van der Waals surface area (Å²) in [6.45, 7) is 3.42. The molecule has 0 N–H and O–H groups in total. The first-order valence-corrected chi connectivity index (χ1v) is 8.79. The Labute approximate surface area is 160 Å². The molecule has 3 rings (SSSR count). The fraction of sp³-hybridized carbons (Fsp3) is 0.286. The van der Waals surface area contributed by atoms with Crippen LogP contribution in [0.15, 0.2) is 36.4 Å². The van der Waals surface area contributed by atoms with E-state index in [1.54, 1.807) is 4.90 Å². The van der Waals surface area contributed by atoms with Gasteiger partial charge in [-0.15, -0.1) is 0 Å². The summed E-state index contributed by atoms with van der Waals surface area (Å²) >= 11 is 0. The maximum atomic E-state index is 13.2. The maximum absolute atomic E-state index is 13.2. The van der Waals surface area contributed by atoms with Gasteiger partial charge in [0.05, 0.1) is 5.92 Å². The molecule has 1 fully saturated rings. The first-order chi connectivity index (χ1) is 13.3. The van der Waals surface area contributed by atoms with Crippen molar-refractivity contribution in [1.82, 2.24) is 0 Å². The lowest BCUT2D eigenvalue weighted by Crippen LogP contribution is -2.27. The Bertz CT molecular complexity index is 957. The number of carbonyl (C=O) groups excluding carboxylic acids is 3. The highest BCUT2D eigenvalue weighted by atomic mass is 19.2. The molecule has 0 spiro atoms. The van der Waals surface area contributed by atoms with Crippen molar-refractivity contribution in [2.75, 3.05) is 18.1 Å². The molecule has 0 aliphatic carbocycles. The molecule has 0 saturated carbocycles. The molecule has 1 heterocycles. The van der Waals surface area contributed by atoms with Crippen LogP contribution in [0.4, 0.5) is 14.5 Å². The summed E-state index contributed by atoms with van der Waals surface area (Å²) in [6.07, 6.45) is -0.00835. The van der Waals surface area contributed by atoms with Gasteiger partial charge in [0, 0.05) is 24.2 Å². The third-order valence-electron chi connectivity index (χ3n) is 4.91. The summed E-state index contributed by atoms with van der Waals surface area (Å²) in [6, 6.07) is 8.32. The number of nitrogens with zero attached hydrogens (tertiary/aromatic N) is 1. The Hall–Kier alpha value is -3.09. The van der Waals surface area contributed by atoms with Crippen LogP contribution in [-0.4, -0.2) is 30.8 Å². The number of carbonyl (C=O) groups is 3. The number of esters is 1.